The van der Waals surface area contributed by atoms with Crippen LogP contribution in [0.25, 0.3) is 0 Å². The summed E-state index contributed by atoms with van der Waals surface area (Å²) in [6.07, 6.45) is 1.80. The molecule has 0 fully saturated rings. The van der Waals surface area contributed by atoms with E-state index in [2.05, 4.69) is 27.8 Å². The first-order valence-corrected chi connectivity index (χ1v) is 10.2. The van der Waals surface area contributed by atoms with Crippen molar-refractivity contribution in [1.82, 2.24) is 10.3 Å². The fraction of sp³-hybridized carbons (Fsp3) is 0.227. The minimum absolute atomic E-state index is 0.0562. The Morgan fingerprint density at radius 3 is 2.62 bits per heavy atom. The van der Waals surface area contributed by atoms with Gasteiger partial charge < -0.3 is 15.4 Å². The second-order valence-electron chi connectivity index (χ2n) is 7.23. The molecular formula is C22H21N3O3S. The lowest BCUT2D eigenvalue weighted by atomic mass is 9.73. The van der Waals surface area contributed by atoms with Gasteiger partial charge in [0, 0.05) is 24.5 Å². The highest BCUT2D eigenvalue weighted by molar-refractivity contribution is 7.13. The summed E-state index contributed by atoms with van der Waals surface area (Å²) in [5, 5.41) is 7.84. The molecule has 7 heteroatoms. The Morgan fingerprint density at radius 2 is 1.93 bits per heavy atom. The summed E-state index contributed by atoms with van der Waals surface area (Å²) in [6, 6.07) is 15.5. The molecular weight excluding hydrogens is 386 g/mol. The average Bonchev–Trinajstić information content (AvgIpc) is 3.34. The molecule has 148 valence electrons. The predicted molar refractivity (Wildman–Crippen MR) is 112 cm³/mol. The van der Waals surface area contributed by atoms with Gasteiger partial charge in [0.1, 0.15) is 5.75 Å². The summed E-state index contributed by atoms with van der Waals surface area (Å²) in [6.45, 7) is 2.00. The van der Waals surface area contributed by atoms with Crippen molar-refractivity contribution < 1.29 is 14.3 Å². The van der Waals surface area contributed by atoms with Crippen LogP contribution in [0.1, 0.15) is 29.5 Å². The number of hydrogen-bond acceptors (Lipinski definition) is 5. The molecule has 2 N–H and O–H groups in total. The topological polar surface area (TPSA) is 80.3 Å². The summed E-state index contributed by atoms with van der Waals surface area (Å²) < 4.78 is 5.18. The van der Waals surface area contributed by atoms with E-state index in [4.69, 9.17) is 4.74 Å². The van der Waals surface area contributed by atoms with Gasteiger partial charge in [0.25, 0.3) is 0 Å². The molecule has 0 radical (unpaired) electrons. The number of aromatic nitrogens is 1. The van der Waals surface area contributed by atoms with Gasteiger partial charge >= 0.3 is 6.09 Å². The minimum atomic E-state index is -0.668. The Balaban J connectivity index is 1.69. The molecule has 4 rings (SSSR count). The van der Waals surface area contributed by atoms with E-state index < -0.39 is 11.5 Å². The Kier molecular flexibility index (Phi) is 5.07. The number of hydrogen-bond donors (Lipinski definition) is 2. The molecule has 6 nitrogen and oxygen atoms in total. The number of thiazole rings is 1. The van der Waals surface area contributed by atoms with Crippen LogP contribution in [0.4, 0.5) is 9.93 Å². The highest BCUT2D eigenvalue weighted by Crippen LogP contribution is 2.51. The quantitative estimate of drug-likeness (QED) is 0.679. The number of amides is 2. The van der Waals surface area contributed by atoms with Crippen LogP contribution in [0.15, 0.2) is 60.1 Å². The number of ether oxygens (including phenoxy) is 1. The first kappa shape index (κ1) is 19.1. The maximum atomic E-state index is 13.3. The van der Waals surface area contributed by atoms with Crippen LogP contribution in [0.5, 0.6) is 5.75 Å². The Bertz CT molecular complexity index is 1030. The zero-order valence-electron chi connectivity index (χ0n) is 16.1. The van der Waals surface area contributed by atoms with Gasteiger partial charge in [-0.15, -0.1) is 11.3 Å². The van der Waals surface area contributed by atoms with Crippen molar-refractivity contribution in [2.45, 2.75) is 19.3 Å². The fourth-order valence-electron chi connectivity index (χ4n) is 3.99. The third-order valence-electron chi connectivity index (χ3n) is 5.36. The fourth-order valence-corrected chi connectivity index (χ4v) is 4.51. The van der Waals surface area contributed by atoms with Crippen LogP contribution in [-0.4, -0.2) is 24.0 Å². The van der Waals surface area contributed by atoms with E-state index >= 15 is 0 Å². The van der Waals surface area contributed by atoms with Gasteiger partial charge in [0.2, 0.25) is 5.91 Å². The highest BCUT2D eigenvalue weighted by atomic mass is 32.1. The maximum absolute atomic E-state index is 13.3. The van der Waals surface area contributed by atoms with Crippen LogP contribution < -0.4 is 15.4 Å². The van der Waals surface area contributed by atoms with E-state index in [1.54, 1.807) is 18.3 Å². The number of nitrogens with one attached hydrogen (secondary N) is 2. The smallest absolute Gasteiger partial charge is 0.410 e. The van der Waals surface area contributed by atoms with E-state index in [0.717, 1.165) is 11.1 Å². The van der Waals surface area contributed by atoms with Crippen molar-refractivity contribution in [3.05, 3.63) is 76.8 Å². The van der Waals surface area contributed by atoms with Gasteiger partial charge in [-0.25, -0.2) is 9.78 Å². The van der Waals surface area contributed by atoms with E-state index in [9.17, 15) is 9.59 Å². The molecule has 0 bridgehead atoms. The van der Waals surface area contributed by atoms with Crippen LogP contribution in [0, 0.1) is 5.41 Å². The molecule has 3 aromatic rings. The van der Waals surface area contributed by atoms with E-state index in [1.165, 1.54) is 23.9 Å². The molecule has 0 aliphatic heterocycles. The summed E-state index contributed by atoms with van der Waals surface area (Å²) >= 11 is 1.40. The molecule has 0 spiro atoms. The van der Waals surface area contributed by atoms with Crippen LogP contribution >= 0.6 is 11.3 Å². The van der Waals surface area contributed by atoms with Crippen molar-refractivity contribution in [3.63, 3.8) is 0 Å². The summed E-state index contributed by atoms with van der Waals surface area (Å²) in [5.74, 6) is 0.278. The molecule has 1 aromatic heterocycles. The lowest BCUT2D eigenvalue weighted by Crippen LogP contribution is -2.37. The third-order valence-corrected chi connectivity index (χ3v) is 6.05. The van der Waals surface area contributed by atoms with Crippen molar-refractivity contribution in [1.29, 1.82) is 0 Å². The van der Waals surface area contributed by atoms with Gasteiger partial charge in [0.05, 0.1) is 5.41 Å². The molecule has 1 aliphatic rings. The van der Waals surface area contributed by atoms with E-state index in [1.807, 2.05) is 36.6 Å². The number of benzene rings is 2. The molecule has 2 atom stereocenters. The summed E-state index contributed by atoms with van der Waals surface area (Å²) in [4.78, 5) is 28.9. The number of fused-ring (bicyclic) bond motifs is 1. The SMILES string of the molecule is CNC(=O)Oc1ccc([C@H]2c3ccccc3C[C@@]2(C)C(=O)Nc2nccs2)cc1. The van der Waals surface area contributed by atoms with Crippen LogP contribution in [0.2, 0.25) is 0 Å². The zero-order valence-corrected chi connectivity index (χ0v) is 17.0. The molecule has 1 aliphatic carbocycles. The standard InChI is InChI=1S/C22H21N3O3S/c1-22(19(26)25-20-24-11-12-29-20)13-15-5-3-4-6-17(15)18(22)14-7-9-16(10-8-14)28-21(27)23-2/h3-12,18H,13H2,1-2H3,(H,23,27)(H,24,25,26)/t18-,22+/m0/s1. The lowest BCUT2D eigenvalue weighted by Gasteiger charge is -2.31. The number of rotatable bonds is 4. The number of carbonyl (C=O) groups is 2. The number of carbonyl (C=O) groups excluding carboxylic acids is 2. The van der Waals surface area contributed by atoms with Crippen LogP contribution in [0.3, 0.4) is 0 Å². The maximum Gasteiger partial charge on any atom is 0.412 e. The van der Waals surface area contributed by atoms with Gasteiger partial charge in [0.15, 0.2) is 5.13 Å². The number of anilines is 1. The van der Waals surface area contributed by atoms with Crippen LogP contribution in [-0.2, 0) is 11.2 Å². The molecule has 29 heavy (non-hydrogen) atoms. The summed E-state index contributed by atoms with van der Waals surface area (Å²) in [7, 11) is 1.51. The molecule has 1 heterocycles. The first-order chi connectivity index (χ1) is 14.0. The van der Waals surface area contributed by atoms with Gasteiger partial charge in [-0.2, -0.15) is 0 Å². The van der Waals surface area contributed by atoms with E-state index in [0.29, 0.717) is 17.3 Å². The monoisotopic (exact) mass is 407 g/mol. The lowest BCUT2D eigenvalue weighted by molar-refractivity contribution is -0.125. The molecule has 0 saturated heterocycles. The predicted octanol–water partition coefficient (Wildman–Crippen LogP) is 4.19. The number of nitrogens with zero attached hydrogens (tertiary/aromatic N) is 1. The van der Waals surface area contributed by atoms with Crippen molar-refractivity contribution in [2.75, 3.05) is 12.4 Å². The van der Waals surface area contributed by atoms with Crippen molar-refractivity contribution in [3.8, 4) is 5.75 Å². The van der Waals surface area contributed by atoms with Gasteiger partial charge in [-0.1, -0.05) is 36.4 Å². The molecule has 2 aromatic carbocycles. The van der Waals surface area contributed by atoms with Crippen molar-refractivity contribution in [2.24, 2.45) is 5.41 Å². The second kappa shape index (κ2) is 7.67. The minimum Gasteiger partial charge on any atom is -0.410 e. The average molecular weight is 407 g/mol. The molecule has 0 unspecified atom stereocenters. The highest BCUT2D eigenvalue weighted by Gasteiger charge is 2.48. The van der Waals surface area contributed by atoms with E-state index in [-0.39, 0.29) is 11.8 Å². The van der Waals surface area contributed by atoms with Crippen molar-refractivity contribution >= 4 is 28.5 Å². The largest absolute Gasteiger partial charge is 0.412 e. The normalized spacial score (nSPS) is 20.0. The Morgan fingerprint density at radius 1 is 1.17 bits per heavy atom. The Hall–Kier alpha value is -3.19. The Labute approximate surface area is 172 Å². The zero-order chi connectivity index (χ0) is 20.4. The molecule has 0 saturated carbocycles. The third kappa shape index (κ3) is 3.61. The van der Waals surface area contributed by atoms with Gasteiger partial charge in [-0.3, -0.25) is 4.79 Å². The summed E-state index contributed by atoms with van der Waals surface area (Å²) in [5.41, 5.74) is 2.64. The van der Waals surface area contributed by atoms with Gasteiger partial charge in [-0.05, 0) is 42.2 Å². The first-order valence-electron chi connectivity index (χ1n) is 9.29. The second-order valence-corrected chi connectivity index (χ2v) is 8.12. The molecule has 2 amide bonds.